The molecular weight excluding hydrogens is 344 g/mol. The van der Waals surface area contributed by atoms with Crippen LogP contribution in [0.25, 0.3) is 0 Å². The fourth-order valence-corrected chi connectivity index (χ4v) is 4.32. The van der Waals surface area contributed by atoms with E-state index in [1.54, 1.807) is 12.1 Å². The second-order valence-electron chi connectivity index (χ2n) is 6.73. The van der Waals surface area contributed by atoms with Crippen molar-refractivity contribution in [1.29, 1.82) is 0 Å². The molecule has 0 aliphatic heterocycles. The van der Waals surface area contributed by atoms with Crippen LogP contribution in [0, 0.1) is 0 Å². The van der Waals surface area contributed by atoms with Crippen LogP contribution < -0.4 is 5.32 Å². The average molecular weight is 375 g/mol. The molecule has 0 saturated carbocycles. The molecule has 0 bridgehead atoms. The SMILES string of the molecule is CCN(CC)S(=O)(=O)c1ccc(CNCc2ccc(C(C)C)cc2)cc1. The quantitative estimate of drug-likeness (QED) is 0.718. The molecule has 142 valence electrons. The first kappa shape index (κ1) is 20.6. The third kappa shape index (κ3) is 5.16. The van der Waals surface area contributed by atoms with Crippen LogP contribution in [-0.4, -0.2) is 25.8 Å². The molecule has 2 aromatic rings. The summed E-state index contributed by atoms with van der Waals surface area (Å²) < 4.78 is 26.5. The Hall–Kier alpha value is -1.69. The summed E-state index contributed by atoms with van der Waals surface area (Å²) in [6, 6.07) is 15.8. The van der Waals surface area contributed by atoms with Crippen LogP contribution in [0.1, 0.15) is 50.3 Å². The second-order valence-corrected chi connectivity index (χ2v) is 8.67. The van der Waals surface area contributed by atoms with E-state index in [1.807, 2.05) is 26.0 Å². The van der Waals surface area contributed by atoms with Gasteiger partial charge in [-0.05, 0) is 34.7 Å². The Morgan fingerprint density at radius 2 is 1.31 bits per heavy atom. The Bertz CT molecular complexity index is 778. The lowest BCUT2D eigenvalue weighted by molar-refractivity contribution is 0.445. The van der Waals surface area contributed by atoms with Gasteiger partial charge < -0.3 is 5.32 Å². The maximum Gasteiger partial charge on any atom is 0.243 e. The van der Waals surface area contributed by atoms with Gasteiger partial charge in [0.1, 0.15) is 0 Å². The van der Waals surface area contributed by atoms with Crippen LogP contribution in [0.5, 0.6) is 0 Å². The maximum atomic E-state index is 12.5. The third-order valence-electron chi connectivity index (χ3n) is 4.57. The first-order valence-electron chi connectivity index (χ1n) is 9.27. The van der Waals surface area contributed by atoms with E-state index in [9.17, 15) is 8.42 Å². The second kappa shape index (κ2) is 9.31. The van der Waals surface area contributed by atoms with Gasteiger partial charge in [0.25, 0.3) is 0 Å². The van der Waals surface area contributed by atoms with E-state index in [0.717, 1.165) is 12.1 Å². The molecular formula is C21H30N2O2S. The molecule has 26 heavy (non-hydrogen) atoms. The molecule has 0 aliphatic carbocycles. The van der Waals surface area contributed by atoms with Gasteiger partial charge in [0.05, 0.1) is 4.90 Å². The van der Waals surface area contributed by atoms with Crippen molar-refractivity contribution >= 4 is 10.0 Å². The van der Waals surface area contributed by atoms with Gasteiger partial charge in [-0.25, -0.2) is 8.42 Å². The van der Waals surface area contributed by atoms with Crippen molar-refractivity contribution in [2.24, 2.45) is 0 Å². The van der Waals surface area contributed by atoms with E-state index < -0.39 is 10.0 Å². The summed E-state index contributed by atoms with van der Waals surface area (Å²) in [5.41, 5.74) is 3.66. The lowest BCUT2D eigenvalue weighted by Crippen LogP contribution is -2.30. The number of sulfonamides is 1. The van der Waals surface area contributed by atoms with Crippen molar-refractivity contribution in [2.75, 3.05) is 13.1 Å². The summed E-state index contributed by atoms with van der Waals surface area (Å²) >= 11 is 0. The number of benzene rings is 2. The van der Waals surface area contributed by atoms with Crippen LogP contribution in [0.3, 0.4) is 0 Å². The summed E-state index contributed by atoms with van der Waals surface area (Å²) in [5.74, 6) is 0.545. The van der Waals surface area contributed by atoms with Gasteiger partial charge in [-0.3, -0.25) is 0 Å². The topological polar surface area (TPSA) is 49.4 Å². The van der Waals surface area contributed by atoms with E-state index >= 15 is 0 Å². The van der Waals surface area contributed by atoms with Gasteiger partial charge in [-0.15, -0.1) is 0 Å². The van der Waals surface area contributed by atoms with E-state index in [1.165, 1.54) is 15.4 Å². The van der Waals surface area contributed by atoms with Crippen molar-refractivity contribution in [3.8, 4) is 0 Å². The molecule has 0 heterocycles. The molecule has 0 radical (unpaired) electrons. The number of hydrogen-bond acceptors (Lipinski definition) is 3. The number of rotatable bonds is 9. The fraction of sp³-hybridized carbons (Fsp3) is 0.429. The van der Waals surface area contributed by atoms with Crippen LogP contribution in [-0.2, 0) is 23.1 Å². The van der Waals surface area contributed by atoms with Gasteiger partial charge in [0.15, 0.2) is 0 Å². The van der Waals surface area contributed by atoms with E-state index in [2.05, 4.69) is 43.4 Å². The summed E-state index contributed by atoms with van der Waals surface area (Å²) in [6.45, 7) is 10.6. The minimum atomic E-state index is -3.38. The molecule has 0 spiro atoms. The van der Waals surface area contributed by atoms with E-state index in [4.69, 9.17) is 0 Å². The first-order chi connectivity index (χ1) is 12.4. The van der Waals surface area contributed by atoms with Gasteiger partial charge in [0, 0.05) is 26.2 Å². The van der Waals surface area contributed by atoms with E-state index in [-0.39, 0.29) is 0 Å². The van der Waals surface area contributed by atoms with Crippen molar-refractivity contribution in [1.82, 2.24) is 9.62 Å². The van der Waals surface area contributed by atoms with Crippen molar-refractivity contribution in [3.05, 3.63) is 65.2 Å². The number of hydrogen-bond donors (Lipinski definition) is 1. The Morgan fingerprint density at radius 1 is 0.846 bits per heavy atom. The lowest BCUT2D eigenvalue weighted by atomic mass is 10.0. The van der Waals surface area contributed by atoms with Gasteiger partial charge >= 0.3 is 0 Å². The van der Waals surface area contributed by atoms with Gasteiger partial charge in [-0.2, -0.15) is 4.31 Å². The summed E-state index contributed by atoms with van der Waals surface area (Å²) in [4.78, 5) is 0.356. The van der Waals surface area contributed by atoms with Crippen LogP contribution in [0.15, 0.2) is 53.4 Å². The molecule has 0 atom stereocenters. The zero-order valence-corrected chi connectivity index (χ0v) is 17.0. The molecule has 5 heteroatoms. The Morgan fingerprint density at radius 3 is 1.73 bits per heavy atom. The average Bonchev–Trinajstić information content (AvgIpc) is 2.63. The molecule has 0 unspecified atom stereocenters. The molecule has 0 fully saturated rings. The van der Waals surface area contributed by atoms with E-state index in [0.29, 0.717) is 30.4 Å². The van der Waals surface area contributed by atoms with Crippen molar-refractivity contribution in [2.45, 2.75) is 51.6 Å². The molecule has 4 nitrogen and oxygen atoms in total. The predicted octanol–water partition coefficient (Wildman–Crippen LogP) is 4.13. The summed E-state index contributed by atoms with van der Waals surface area (Å²) in [5, 5.41) is 3.41. The van der Waals surface area contributed by atoms with Crippen LogP contribution >= 0.6 is 0 Å². The summed E-state index contributed by atoms with van der Waals surface area (Å²) in [7, 11) is -3.38. The highest BCUT2D eigenvalue weighted by molar-refractivity contribution is 7.89. The Labute approximate surface area is 158 Å². The molecule has 0 amide bonds. The van der Waals surface area contributed by atoms with Crippen LogP contribution in [0.2, 0.25) is 0 Å². The van der Waals surface area contributed by atoms with Crippen LogP contribution in [0.4, 0.5) is 0 Å². The normalized spacial score (nSPS) is 12.1. The van der Waals surface area contributed by atoms with Gasteiger partial charge in [0.2, 0.25) is 10.0 Å². The largest absolute Gasteiger partial charge is 0.309 e. The first-order valence-corrected chi connectivity index (χ1v) is 10.7. The molecule has 0 aromatic heterocycles. The molecule has 0 saturated heterocycles. The molecule has 2 rings (SSSR count). The predicted molar refractivity (Wildman–Crippen MR) is 108 cm³/mol. The highest BCUT2D eigenvalue weighted by Gasteiger charge is 2.20. The van der Waals surface area contributed by atoms with Crippen molar-refractivity contribution in [3.63, 3.8) is 0 Å². The highest BCUT2D eigenvalue weighted by atomic mass is 32.2. The number of nitrogens with one attached hydrogen (secondary N) is 1. The minimum absolute atomic E-state index is 0.356. The summed E-state index contributed by atoms with van der Waals surface area (Å²) in [6.07, 6.45) is 0. The zero-order chi connectivity index (χ0) is 19.2. The third-order valence-corrected chi connectivity index (χ3v) is 6.64. The highest BCUT2D eigenvalue weighted by Crippen LogP contribution is 2.17. The number of nitrogens with zero attached hydrogens (tertiary/aromatic N) is 1. The smallest absolute Gasteiger partial charge is 0.243 e. The fourth-order valence-electron chi connectivity index (χ4n) is 2.86. The minimum Gasteiger partial charge on any atom is -0.309 e. The molecule has 0 aliphatic rings. The van der Waals surface area contributed by atoms with Crippen molar-refractivity contribution < 1.29 is 8.42 Å². The molecule has 1 N–H and O–H groups in total. The van der Waals surface area contributed by atoms with Gasteiger partial charge in [-0.1, -0.05) is 64.1 Å². The standard InChI is InChI=1S/C21H30N2O2S/c1-5-23(6-2)26(24,25)21-13-9-19(10-14-21)16-22-15-18-7-11-20(12-8-18)17(3)4/h7-14,17,22H,5-6,15-16H2,1-4H3. The maximum absolute atomic E-state index is 12.5. The zero-order valence-electron chi connectivity index (χ0n) is 16.2. The lowest BCUT2D eigenvalue weighted by Gasteiger charge is -2.18. The molecule has 2 aromatic carbocycles. The Kier molecular flexibility index (Phi) is 7.38. The Balaban J connectivity index is 1.93. The monoisotopic (exact) mass is 374 g/mol.